The molecule has 2 heterocycles. The Morgan fingerprint density at radius 1 is 1.00 bits per heavy atom. The molecule has 0 bridgehead atoms. The summed E-state index contributed by atoms with van der Waals surface area (Å²) in [6, 6.07) is 3.36. The van der Waals surface area contributed by atoms with Gasteiger partial charge in [0.1, 0.15) is 0 Å². The number of alkyl halides is 3. The molecule has 3 nitrogen and oxygen atoms in total. The molecule has 0 saturated heterocycles. The smallest absolute Gasteiger partial charge is 0.255 e. The molecule has 2 rings (SSSR count). The molecular weight excluding hydrogens is 299 g/mol. The highest BCUT2D eigenvalue weighted by atomic mass is 79.9. The molecule has 0 aromatic carbocycles. The SMILES string of the molecule is FC(F)(F)c1ccnc(-c2ccnc(Br)n2)c1. The number of pyridine rings is 1. The van der Waals surface area contributed by atoms with E-state index in [0.717, 1.165) is 18.3 Å². The van der Waals surface area contributed by atoms with Crippen LogP contribution in [0.3, 0.4) is 0 Å². The van der Waals surface area contributed by atoms with Gasteiger partial charge in [0.15, 0.2) is 4.73 Å². The Balaban J connectivity index is 2.47. The van der Waals surface area contributed by atoms with Gasteiger partial charge in [-0.05, 0) is 34.1 Å². The molecule has 17 heavy (non-hydrogen) atoms. The van der Waals surface area contributed by atoms with Crippen LogP contribution in [-0.2, 0) is 6.18 Å². The maximum absolute atomic E-state index is 12.5. The average Bonchev–Trinajstić information content (AvgIpc) is 2.28. The van der Waals surface area contributed by atoms with E-state index in [4.69, 9.17) is 0 Å². The molecule has 0 aliphatic heterocycles. The van der Waals surface area contributed by atoms with Crippen LogP contribution in [0.2, 0.25) is 0 Å². The van der Waals surface area contributed by atoms with Crippen molar-refractivity contribution in [1.29, 1.82) is 0 Å². The predicted octanol–water partition coefficient (Wildman–Crippen LogP) is 3.32. The van der Waals surface area contributed by atoms with Gasteiger partial charge in [0.05, 0.1) is 17.0 Å². The predicted molar refractivity (Wildman–Crippen MR) is 58.0 cm³/mol. The van der Waals surface area contributed by atoms with Crippen LogP contribution in [0.15, 0.2) is 35.3 Å². The average molecular weight is 304 g/mol. The lowest BCUT2D eigenvalue weighted by Crippen LogP contribution is -2.05. The summed E-state index contributed by atoms with van der Waals surface area (Å²) < 4.78 is 37.8. The third-order valence-electron chi connectivity index (χ3n) is 1.98. The van der Waals surface area contributed by atoms with Crippen molar-refractivity contribution in [2.24, 2.45) is 0 Å². The normalized spacial score (nSPS) is 11.5. The molecule has 0 saturated carbocycles. The lowest BCUT2D eigenvalue weighted by molar-refractivity contribution is -0.137. The summed E-state index contributed by atoms with van der Waals surface area (Å²) >= 11 is 3.05. The zero-order valence-corrected chi connectivity index (χ0v) is 9.83. The maximum Gasteiger partial charge on any atom is 0.416 e. The van der Waals surface area contributed by atoms with Crippen LogP contribution < -0.4 is 0 Å². The van der Waals surface area contributed by atoms with Crippen LogP contribution in [0.1, 0.15) is 5.56 Å². The molecule has 0 fully saturated rings. The second kappa shape index (κ2) is 4.40. The minimum absolute atomic E-state index is 0.155. The van der Waals surface area contributed by atoms with Crippen molar-refractivity contribution in [1.82, 2.24) is 15.0 Å². The molecule has 88 valence electrons. The third kappa shape index (κ3) is 2.79. The van der Waals surface area contributed by atoms with Crippen LogP contribution in [0, 0.1) is 0 Å². The van der Waals surface area contributed by atoms with Crippen molar-refractivity contribution < 1.29 is 13.2 Å². The highest BCUT2D eigenvalue weighted by Crippen LogP contribution is 2.30. The highest BCUT2D eigenvalue weighted by molar-refractivity contribution is 9.10. The molecular formula is C10H5BrF3N3. The summed E-state index contributed by atoms with van der Waals surface area (Å²) in [5.74, 6) is 0. The van der Waals surface area contributed by atoms with Gasteiger partial charge in [0.2, 0.25) is 0 Å². The molecule has 2 aromatic rings. The minimum Gasteiger partial charge on any atom is -0.255 e. The van der Waals surface area contributed by atoms with E-state index in [-0.39, 0.29) is 5.69 Å². The molecule has 0 spiro atoms. The fourth-order valence-electron chi connectivity index (χ4n) is 1.22. The molecule has 0 aliphatic rings. The number of rotatable bonds is 1. The van der Waals surface area contributed by atoms with Gasteiger partial charge in [-0.25, -0.2) is 9.97 Å². The first kappa shape index (κ1) is 12.0. The van der Waals surface area contributed by atoms with Gasteiger partial charge in [0, 0.05) is 12.4 Å². The molecule has 0 unspecified atom stereocenters. The molecule has 0 atom stereocenters. The van der Waals surface area contributed by atoms with E-state index in [1.54, 1.807) is 0 Å². The quantitative estimate of drug-likeness (QED) is 0.759. The second-order valence-corrected chi connectivity index (χ2v) is 3.85. The largest absolute Gasteiger partial charge is 0.416 e. The summed E-state index contributed by atoms with van der Waals surface area (Å²) in [5.41, 5.74) is -0.266. The first-order valence-electron chi connectivity index (χ1n) is 4.49. The third-order valence-corrected chi connectivity index (χ3v) is 2.36. The topological polar surface area (TPSA) is 38.7 Å². The fourth-order valence-corrected chi connectivity index (χ4v) is 1.53. The van der Waals surface area contributed by atoms with E-state index >= 15 is 0 Å². The standard InChI is InChI=1S/C10H5BrF3N3/c11-9-16-4-2-7(17-9)8-5-6(1-3-15-8)10(12,13)14/h1-5H. The molecule has 0 radical (unpaired) electrons. The Labute approximate surface area is 103 Å². The molecule has 0 aliphatic carbocycles. The zero-order valence-electron chi connectivity index (χ0n) is 8.24. The van der Waals surface area contributed by atoms with Crippen molar-refractivity contribution in [3.8, 4) is 11.4 Å². The van der Waals surface area contributed by atoms with Gasteiger partial charge >= 0.3 is 6.18 Å². The van der Waals surface area contributed by atoms with E-state index in [9.17, 15) is 13.2 Å². The summed E-state index contributed by atoms with van der Waals surface area (Å²) in [4.78, 5) is 11.6. The summed E-state index contributed by atoms with van der Waals surface area (Å²) in [6.45, 7) is 0. The van der Waals surface area contributed by atoms with E-state index in [1.807, 2.05) is 0 Å². The van der Waals surface area contributed by atoms with Gasteiger partial charge in [-0.15, -0.1) is 0 Å². The Morgan fingerprint density at radius 2 is 1.71 bits per heavy atom. The van der Waals surface area contributed by atoms with Gasteiger partial charge in [-0.2, -0.15) is 13.2 Å². The van der Waals surface area contributed by atoms with Crippen molar-refractivity contribution in [2.75, 3.05) is 0 Å². The summed E-state index contributed by atoms with van der Waals surface area (Å²) in [6.07, 6.45) is -1.84. The number of hydrogen-bond acceptors (Lipinski definition) is 3. The molecule has 0 N–H and O–H groups in total. The lowest BCUT2D eigenvalue weighted by atomic mass is 10.2. The second-order valence-electron chi connectivity index (χ2n) is 3.14. The Hall–Kier alpha value is -1.50. The Kier molecular flexibility index (Phi) is 3.10. The summed E-state index contributed by atoms with van der Waals surface area (Å²) in [7, 11) is 0. The summed E-state index contributed by atoms with van der Waals surface area (Å²) in [5, 5.41) is 0. The van der Waals surface area contributed by atoms with Crippen LogP contribution >= 0.6 is 15.9 Å². The van der Waals surface area contributed by atoms with Crippen LogP contribution in [-0.4, -0.2) is 15.0 Å². The van der Waals surface area contributed by atoms with E-state index < -0.39 is 11.7 Å². The first-order valence-corrected chi connectivity index (χ1v) is 5.28. The van der Waals surface area contributed by atoms with Crippen LogP contribution in [0.25, 0.3) is 11.4 Å². The lowest BCUT2D eigenvalue weighted by Gasteiger charge is -2.07. The fraction of sp³-hybridized carbons (Fsp3) is 0.100. The van der Waals surface area contributed by atoms with Gasteiger partial charge in [-0.3, -0.25) is 4.98 Å². The van der Waals surface area contributed by atoms with Crippen molar-refractivity contribution in [3.63, 3.8) is 0 Å². The monoisotopic (exact) mass is 303 g/mol. The molecule has 7 heteroatoms. The highest BCUT2D eigenvalue weighted by Gasteiger charge is 2.30. The number of aromatic nitrogens is 3. The maximum atomic E-state index is 12.5. The van der Waals surface area contributed by atoms with E-state index in [1.165, 1.54) is 12.3 Å². The molecule has 2 aromatic heterocycles. The van der Waals surface area contributed by atoms with Crippen LogP contribution in [0.5, 0.6) is 0 Å². The Bertz CT molecular complexity index is 542. The Morgan fingerprint density at radius 3 is 2.35 bits per heavy atom. The van der Waals surface area contributed by atoms with Gasteiger partial charge in [0.25, 0.3) is 0 Å². The number of halogens is 4. The van der Waals surface area contributed by atoms with E-state index in [0.29, 0.717) is 10.4 Å². The van der Waals surface area contributed by atoms with E-state index in [2.05, 4.69) is 30.9 Å². The first-order chi connectivity index (χ1) is 7.97. The van der Waals surface area contributed by atoms with Gasteiger partial charge in [-0.1, -0.05) is 0 Å². The van der Waals surface area contributed by atoms with Crippen molar-refractivity contribution in [2.45, 2.75) is 6.18 Å². The minimum atomic E-state index is -4.39. The number of nitrogens with zero attached hydrogens (tertiary/aromatic N) is 3. The van der Waals surface area contributed by atoms with Crippen molar-refractivity contribution in [3.05, 3.63) is 40.9 Å². The number of hydrogen-bond donors (Lipinski definition) is 0. The van der Waals surface area contributed by atoms with Crippen LogP contribution in [0.4, 0.5) is 13.2 Å². The zero-order chi connectivity index (χ0) is 12.5. The molecule has 0 amide bonds. The van der Waals surface area contributed by atoms with Gasteiger partial charge < -0.3 is 0 Å². The van der Waals surface area contributed by atoms with Crippen molar-refractivity contribution >= 4 is 15.9 Å².